The van der Waals surface area contributed by atoms with Gasteiger partial charge >= 0.3 is 0 Å². The predicted molar refractivity (Wildman–Crippen MR) is 89.3 cm³/mol. The number of nitrogens with two attached hydrogens (primary N) is 1. The molecule has 2 aromatic carbocycles. The third-order valence-electron chi connectivity index (χ3n) is 3.03. The van der Waals surface area contributed by atoms with E-state index >= 15 is 0 Å². The second kappa shape index (κ2) is 6.05. The topological polar surface area (TPSA) is 84.2 Å². The Bertz CT molecular complexity index is 776. The van der Waals surface area contributed by atoms with E-state index in [1.165, 1.54) is 13.1 Å². The van der Waals surface area contributed by atoms with Crippen LogP contribution in [0.25, 0.3) is 0 Å². The van der Waals surface area contributed by atoms with Crippen LogP contribution >= 0.6 is 15.9 Å². The first-order chi connectivity index (χ1) is 9.83. The van der Waals surface area contributed by atoms with Crippen molar-refractivity contribution < 1.29 is 8.42 Å². The number of halogens is 1. The third-order valence-corrected chi connectivity index (χ3v) is 4.98. The summed E-state index contributed by atoms with van der Waals surface area (Å²) in [4.78, 5) is 0.115. The number of hydrogen-bond donors (Lipinski definition) is 3. The molecule has 4 N–H and O–H groups in total. The Morgan fingerprint density at radius 1 is 1.10 bits per heavy atom. The Morgan fingerprint density at radius 3 is 2.48 bits per heavy atom. The number of sulfonamides is 1. The zero-order valence-corrected chi connectivity index (χ0v) is 14.0. The maximum atomic E-state index is 12.1. The van der Waals surface area contributed by atoms with E-state index in [1.54, 1.807) is 12.1 Å². The number of anilines is 3. The minimum absolute atomic E-state index is 0.115. The lowest BCUT2D eigenvalue weighted by Gasteiger charge is -2.14. The Hall–Kier alpha value is -1.57. The molecule has 0 atom stereocenters. The molecule has 0 radical (unpaired) electrons. The molecular weight excluding hydrogens is 354 g/mol. The van der Waals surface area contributed by atoms with Gasteiger partial charge in [0.15, 0.2) is 0 Å². The summed E-state index contributed by atoms with van der Waals surface area (Å²) >= 11 is 3.40. The Kier molecular flexibility index (Phi) is 4.55. The second-order valence-corrected chi connectivity index (χ2v) is 7.32. The third kappa shape index (κ3) is 3.55. The van der Waals surface area contributed by atoms with Gasteiger partial charge in [-0.15, -0.1) is 0 Å². The molecule has 0 fully saturated rings. The van der Waals surface area contributed by atoms with Crippen molar-refractivity contribution in [3.63, 3.8) is 0 Å². The van der Waals surface area contributed by atoms with Crippen LogP contribution in [0.1, 0.15) is 5.56 Å². The van der Waals surface area contributed by atoms with Gasteiger partial charge in [0.2, 0.25) is 10.0 Å². The van der Waals surface area contributed by atoms with Crippen molar-refractivity contribution in [1.82, 2.24) is 4.72 Å². The van der Waals surface area contributed by atoms with E-state index in [1.807, 2.05) is 25.1 Å². The van der Waals surface area contributed by atoms with Gasteiger partial charge in [-0.05, 0) is 49.9 Å². The van der Waals surface area contributed by atoms with E-state index in [2.05, 4.69) is 26.0 Å². The molecule has 112 valence electrons. The van der Waals surface area contributed by atoms with E-state index in [0.717, 1.165) is 15.7 Å². The van der Waals surface area contributed by atoms with Crippen LogP contribution in [0.3, 0.4) is 0 Å². The number of rotatable bonds is 4. The van der Waals surface area contributed by atoms with Gasteiger partial charge in [0.1, 0.15) is 4.90 Å². The van der Waals surface area contributed by atoms with E-state index in [9.17, 15) is 8.42 Å². The molecule has 0 heterocycles. The van der Waals surface area contributed by atoms with Crippen LogP contribution in [0.4, 0.5) is 17.1 Å². The quantitative estimate of drug-likeness (QED) is 0.723. The van der Waals surface area contributed by atoms with Crippen molar-refractivity contribution in [2.75, 3.05) is 18.1 Å². The standard InChI is InChI=1S/C14H16BrN3O2S/c1-9-3-4-10(15)7-13(9)18-12-6-5-11(16)8-14(12)21(19,20)17-2/h3-8,17-18H,16H2,1-2H3. The molecule has 21 heavy (non-hydrogen) atoms. The first-order valence-corrected chi connectivity index (χ1v) is 8.47. The van der Waals surface area contributed by atoms with Gasteiger partial charge in [-0.3, -0.25) is 0 Å². The molecule has 0 aliphatic rings. The minimum atomic E-state index is -3.60. The van der Waals surface area contributed by atoms with Crippen LogP contribution in [0, 0.1) is 6.92 Å². The second-order valence-electron chi connectivity index (χ2n) is 4.55. The van der Waals surface area contributed by atoms with E-state index < -0.39 is 10.0 Å². The van der Waals surface area contributed by atoms with E-state index in [-0.39, 0.29) is 4.90 Å². The molecule has 0 aliphatic heterocycles. The molecule has 5 nitrogen and oxygen atoms in total. The van der Waals surface area contributed by atoms with Crippen molar-refractivity contribution in [3.8, 4) is 0 Å². The number of hydrogen-bond acceptors (Lipinski definition) is 4. The van der Waals surface area contributed by atoms with Crippen LogP contribution in [-0.2, 0) is 10.0 Å². The van der Waals surface area contributed by atoms with Gasteiger partial charge in [-0.2, -0.15) is 0 Å². The summed E-state index contributed by atoms with van der Waals surface area (Å²) in [5.41, 5.74) is 8.38. The molecule has 0 bridgehead atoms. The van der Waals surface area contributed by atoms with Gasteiger partial charge in [-0.1, -0.05) is 22.0 Å². The zero-order chi connectivity index (χ0) is 15.6. The highest BCUT2D eigenvalue weighted by Gasteiger charge is 2.17. The summed E-state index contributed by atoms with van der Waals surface area (Å²) < 4.78 is 27.4. The Labute approximate surface area is 132 Å². The minimum Gasteiger partial charge on any atom is -0.399 e. The maximum absolute atomic E-state index is 12.1. The molecular formula is C14H16BrN3O2S. The fourth-order valence-corrected chi connectivity index (χ4v) is 3.13. The van der Waals surface area contributed by atoms with Crippen LogP contribution in [0.15, 0.2) is 45.8 Å². The zero-order valence-electron chi connectivity index (χ0n) is 11.6. The van der Waals surface area contributed by atoms with Gasteiger partial charge < -0.3 is 11.1 Å². The molecule has 0 saturated carbocycles. The first kappa shape index (κ1) is 15.8. The van der Waals surface area contributed by atoms with Gasteiger partial charge in [0.05, 0.1) is 5.69 Å². The number of aryl methyl sites for hydroxylation is 1. The normalized spacial score (nSPS) is 11.4. The average molecular weight is 370 g/mol. The summed E-state index contributed by atoms with van der Waals surface area (Å²) in [5, 5.41) is 3.14. The lowest BCUT2D eigenvalue weighted by atomic mass is 10.2. The fraction of sp³-hybridized carbons (Fsp3) is 0.143. The first-order valence-electron chi connectivity index (χ1n) is 6.20. The predicted octanol–water partition coefficient (Wildman–Crippen LogP) is 2.99. The highest BCUT2D eigenvalue weighted by molar-refractivity contribution is 9.10. The van der Waals surface area contributed by atoms with Crippen LogP contribution in [-0.4, -0.2) is 15.5 Å². The number of nitrogens with one attached hydrogen (secondary N) is 2. The lowest BCUT2D eigenvalue weighted by molar-refractivity contribution is 0.588. The smallest absolute Gasteiger partial charge is 0.242 e. The molecule has 0 saturated heterocycles. The summed E-state index contributed by atoms with van der Waals surface area (Å²) in [5.74, 6) is 0. The fourth-order valence-electron chi connectivity index (χ4n) is 1.85. The van der Waals surface area contributed by atoms with Crippen molar-refractivity contribution in [1.29, 1.82) is 0 Å². The van der Waals surface area contributed by atoms with Gasteiger partial charge in [-0.25, -0.2) is 13.1 Å². The molecule has 7 heteroatoms. The van der Waals surface area contributed by atoms with Crippen LogP contribution in [0.2, 0.25) is 0 Å². The number of nitrogen functional groups attached to an aromatic ring is 1. The van der Waals surface area contributed by atoms with Gasteiger partial charge in [0, 0.05) is 15.8 Å². The lowest BCUT2D eigenvalue weighted by Crippen LogP contribution is -2.20. The monoisotopic (exact) mass is 369 g/mol. The maximum Gasteiger partial charge on any atom is 0.242 e. The highest BCUT2D eigenvalue weighted by atomic mass is 79.9. The van der Waals surface area contributed by atoms with E-state index in [0.29, 0.717) is 11.4 Å². The molecule has 0 unspecified atom stereocenters. The summed E-state index contributed by atoms with van der Waals surface area (Å²) in [6.45, 7) is 1.94. The van der Waals surface area contributed by atoms with Crippen molar-refractivity contribution in [3.05, 3.63) is 46.4 Å². The summed E-state index contributed by atoms with van der Waals surface area (Å²) in [6, 6.07) is 10.5. The van der Waals surface area contributed by atoms with Crippen molar-refractivity contribution in [2.45, 2.75) is 11.8 Å². The van der Waals surface area contributed by atoms with Crippen LogP contribution in [0.5, 0.6) is 0 Å². The van der Waals surface area contributed by atoms with Crippen LogP contribution < -0.4 is 15.8 Å². The molecule has 2 rings (SSSR count). The molecule has 0 spiro atoms. The summed E-state index contributed by atoms with van der Waals surface area (Å²) in [6.07, 6.45) is 0. The highest BCUT2D eigenvalue weighted by Crippen LogP contribution is 2.29. The molecule has 0 aromatic heterocycles. The summed E-state index contributed by atoms with van der Waals surface area (Å²) in [7, 11) is -2.23. The molecule has 0 aliphatic carbocycles. The van der Waals surface area contributed by atoms with Crippen molar-refractivity contribution >= 4 is 43.0 Å². The SMILES string of the molecule is CNS(=O)(=O)c1cc(N)ccc1Nc1cc(Br)ccc1C. The molecule has 2 aromatic rings. The number of benzene rings is 2. The Balaban J connectivity index is 2.52. The van der Waals surface area contributed by atoms with Gasteiger partial charge in [0.25, 0.3) is 0 Å². The molecule has 0 amide bonds. The van der Waals surface area contributed by atoms with E-state index in [4.69, 9.17) is 5.73 Å². The average Bonchev–Trinajstić information content (AvgIpc) is 2.44. The van der Waals surface area contributed by atoms with Crippen molar-refractivity contribution in [2.24, 2.45) is 0 Å². The Morgan fingerprint density at radius 2 is 1.81 bits per heavy atom. The largest absolute Gasteiger partial charge is 0.399 e.